The van der Waals surface area contributed by atoms with Crippen molar-refractivity contribution in [3.63, 3.8) is 0 Å². The summed E-state index contributed by atoms with van der Waals surface area (Å²) < 4.78 is 0. The van der Waals surface area contributed by atoms with Gasteiger partial charge in [-0.1, -0.05) is 51.9 Å². The Balaban J connectivity index is 1.82. The van der Waals surface area contributed by atoms with Gasteiger partial charge in [-0.25, -0.2) is 0 Å². The quantitative estimate of drug-likeness (QED) is 0.195. The SMILES string of the molecule is N#Cc1cc([N+](=O)[O-])cc2c1-c1ccc([N+](=O)[O-])cc1/C2=C1/C=C(c2ccccc2)SS1. The fourth-order valence-corrected chi connectivity index (χ4v) is 6.38. The van der Waals surface area contributed by atoms with E-state index < -0.39 is 9.85 Å². The summed E-state index contributed by atoms with van der Waals surface area (Å²) in [6.45, 7) is 0. The molecule has 0 bridgehead atoms. The highest BCUT2D eigenvalue weighted by molar-refractivity contribution is 8.82. The van der Waals surface area contributed by atoms with Crippen molar-refractivity contribution in [2.24, 2.45) is 0 Å². The van der Waals surface area contributed by atoms with Crippen LogP contribution in [0.15, 0.2) is 71.6 Å². The number of hydrogen-bond donors (Lipinski definition) is 0. The molecule has 3 aromatic rings. The van der Waals surface area contributed by atoms with Gasteiger partial charge in [0.15, 0.2) is 0 Å². The molecule has 1 aliphatic carbocycles. The summed E-state index contributed by atoms with van der Waals surface area (Å²) in [7, 11) is 3.05. The van der Waals surface area contributed by atoms with E-state index in [-0.39, 0.29) is 16.9 Å². The zero-order valence-electron chi connectivity index (χ0n) is 16.1. The van der Waals surface area contributed by atoms with Gasteiger partial charge in [-0.2, -0.15) is 5.26 Å². The second-order valence-corrected chi connectivity index (χ2v) is 9.27. The molecule has 1 aliphatic heterocycles. The van der Waals surface area contributed by atoms with Gasteiger partial charge in [-0.3, -0.25) is 20.2 Å². The van der Waals surface area contributed by atoms with Crippen LogP contribution in [0.3, 0.4) is 0 Å². The van der Waals surface area contributed by atoms with Crippen molar-refractivity contribution in [3.8, 4) is 17.2 Å². The van der Waals surface area contributed by atoms with Crippen molar-refractivity contribution in [1.29, 1.82) is 5.26 Å². The van der Waals surface area contributed by atoms with E-state index in [0.717, 1.165) is 15.4 Å². The maximum Gasteiger partial charge on any atom is 0.271 e. The number of fused-ring (bicyclic) bond motifs is 3. The minimum absolute atomic E-state index is 0.0782. The van der Waals surface area contributed by atoms with Crippen LogP contribution in [0.25, 0.3) is 21.6 Å². The molecule has 0 saturated carbocycles. The van der Waals surface area contributed by atoms with Crippen molar-refractivity contribution in [2.45, 2.75) is 0 Å². The monoisotopic (exact) mass is 457 g/mol. The van der Waals surface area contributed by atoms with E-state index in [1.807, 2.05) is 36.4 Å². The Morgan fingerprint density at radius 3 is 2.22 bits per heavy atom. The molecule has 3 aromatic carbocycles. The molecule has 0 saturated heterocycles. The van der Waals surface area contributed by atoms with Gasteiger partial charge < -0.3 is 0 Å². The highest BCUT2D eigenvalue weighted by Crippen LogP contribution is 2.57. The van der Waals surface area contributed by atoms with Crippen LogP contribution in [-0.2, 0) is 0 Å². The van der Waals surface area contributed by atoms with Crippen LogP contribution in [0, 0.1) is 31.6 Å². The molecule has 0 amide bonds. The van der Waals surface area contributed by atoms with E-state index in [1.165, 1.54) is 35.1 Å². The Bertz CT molecular complexity index is 1440. The first-order valence-corrected chi connectivity index (χ1v) is 11.5. The molecule has 9 heteroatoms. The van der Waals surface area contributed by atoms with Crippen molar-refractivity contribution < 1.29 is 9.85 Å². The van der Waals surface area contributed by atoms with Crippen LogP contribution in [0.1, 0.15) is 22.3 Å². The molecule has 1 heterocycles. The van der Waals surface area contributed by atoms with Gasteiger partial charge in [-0.05, 0) is 34.4 Å². The third kappa shape index (κ3) is 3.17. The van der Waals surface area contributed by atoms with Gasteiger partial charge >= 0.3 is 0 Å². The van der Waals surface area contributed by atoms with Gasteiger partial charge in [-0.15, -0.1) is 0 Å². The highest BCUT2D eigenvalue weighted by Gasteiger charge is 2.33. The standard InChI is InChI=1S/C23H11N3O4S2/c24-12-14-8-16(26(29)30)10-19-22(14)17-7-6-15(25(27)28)9-18(17)23(19)21-11-20(31-32-21)13-4-2-1-3-5-13/h1-11H/b23-21+. The molecule has 2 aliphatic rings. The van der Waals surface area contributed by atoms with Crippen LogP contribution in [-0.4, -0.2) is 9.85 Å². The zero-order valence-corrected chi connectivity index (χ0v) is 17.8. The van der Waals surface area contributed by atoms with E-state index in [0.29, 0.717) is 27.8 Å². The van der Waals surface area contributed by atoms with Crippen LogP contribution in [0.2, 0.25) is 0 Å². The summed E-state index contributed by atoms with van der Waals surface area (Å²) in [6.07, 6.45) is 1.99. The van der Waals surface area contributed by atoms with Crippen molar-refractivity contribution in [3.05, 3.63) is 114 Å². The average Bonchev–Trinajstić information content (AvgIpc) is 3.41. The first-order valence-electron chi connectivity index (χ1n) is 9.36. The lowest BCUT2D eigenvalue weighted by Crippen LogP contribution is -1.93. The third-order valence-corrected chi connectivity index (χ3v) is 7.71. The normalized spacial score (nSPS) is 16.2. The third-order valence-electron chi connectivity index (χ3n) is 5.26. The fraction of sp³-hybridized carbons (Fsp3) is 0. The second kappa shape index (κ2) is 7.67. The molecule has 0 N–H and O–H groups in total. The molecule has 0 aromatic heterocycles. The van der Waals surface area contributed by atoms with Crippen molar-refractivity contribution in [1.82, 2.24) is 0 Å². The summed E-state index contributed by atoms with van der Waals surface area (Å²) in [5.41, 5.74) is 3.97. The maximum atomic E-state index is 11.5. The lowest BCUT2D eigenvalue weighted by Gasteiger charge is -2.06. The van der Waals surface area contributed by atoms with Gasteiger partial charge in [0.25, 0.3) is 11.4 Å². The van der Waals surface area contributed by atoms with E-state index in [1.54, 1.807) is 16.9 Å². The van der Waals surface area contributed by atoms with Gasteiger partial charge in [0.2, 0.25) is 0 Å². The Hall–Kier alpha value is -3.87. The van der Waals surface area contributed by atoms with Crippen LogP contribution >= 0.6 is 21.6 Å². The second-order valence-electron chi connectivity index (χ2n) is 7.05. The lowest BCUT2D eigenvalue weighted by molar-refractivity contribution is -0.385. The van der Waals surface area contributed by atoms with Gasteiger partial charge in [0.1, 0.15) is 6.07 Å². The summed E-state index contributed by atoms with van der Waals surface area (Å²) in [4.78, 5) is 23.8. The smallest absolute Gasteiger partial charge is 0.258 e. The Morgan fingerprint density at radius 2 is 1.53 bits per heavy atom. The molecule has 0 fully saturated rings. The van der Waals surface area contributed by atoms with Crippen molar-refractivity contribution >= 4 is 43.4 Å². The fourth-order valence-electron chi connectivity index (χ4n) is 3.89. The Kier molecular flexibility index (Phi) is 4.81. The molecule has 0 atom stereocenters. The molecule has 32 heavy (non-hydrogen) atoms. The number of allylic oxidation sites excluding steroid dienone is 1. The molecular formula is C23H11N3O4S2. The summed E-state index contributed by atoms with van der Waals surface area (Å²) in [6, 6.07) is 19.0. The largest absolute Gasteiger partial charge is 0.271 e. The van der Waals surface area contributed by atoms with Gasteiger partial charge in [0, 0.05) is 45.2 Å². The summed E-state index contributed by atoms with van der Waals surface area (Å²) in [5, 5.41) is 32.7. The molecule has 0 spiro atoms. The summed E-state index contributed by atoms with van der Waals surface area (Å²) in [5.74, 6) is 0. The van der Waals surface area contributed by atoms with Crippen LogP contribution < -0.4 is 0 Å². The Morgan fingerprint density at radius 1 is 0.812 bits per heavy atom. The predicted octanol–water partition coefficient (Wildman–Crippen LogP) is 6.55. The first-order chi connectivity index (χ1) is 15.5. The zero-order chi connectivity index (χ0) is 22.4. The minimum atomic E-state index is -0.531. The number of hydrogen-bond acceptors (Lipinski definition) is 7. The number of nitro groups is 2. The predicted molar refractivity (Wildman–Crippen MR) is 126 cm³/mol. The number of nitriles is 1. The number of benzene rings is 3. The topological polar surface area (TPSA) is 110 Å². The van der Waals surface area contributed by atoms with Gasteiger partial charge in [0.05, 0.1) is 15.4 Å². The number of rotatable bonds is 3. The molecule has 0 radical (unpaired) electrons. The molecule has 0 unspecified atom stereocenters. The van der Waals surface area contributed by atoms with Crippen LogP contribution in [0.4, 0.5) is 11.4 Å². The molecule has 154 valence electrons. The van der Waals surface area contributed by atoms with E-state index in [2.05, 4.69) is 6.07 Å². The first kappa shape index (κ1) is 20.1. The Labute approximate surface area is 189 Å². The molecular weight excluding hydrogens is 446 g/mol. The van der Waals surface area contributed by atoms with E-state index in [4.69, 9.17) is 0 Å². The number of non-ortho nitro benzene ring substituents is 2. The van der Waals surface area contributed by atoms with Crippen molar-refractivity contribution in [2.75, 3.05) is 0 Å². The average molecular weight is 457 g/mol. The highest BCUT2D eigenvalue weighted by atomic mass is 33.1. The van der Waals surface area contributed by atoms with E-state index in [9.17, 15) is 25.5 Å². The number of nitro benzene ring substituents is 2. The maximum absolute atomic E-state index is 11.5. The molecule has 5 rings (SSSR count). The molecule has 7 nitrogen and oxygen atoms in total. The summed E-state index contributed by atoms with van der Waals surface area (Å²) >= 11 is 0. The van der Waals surface area contributed by atoms with Crippen LogP contribution in [0.5, 0.6) is 0 Å². The number of nitrogens with zero attached hydrogens (tertiary/aromatic N) is 3. The van der Waals surface area contributed by atoms with E-state index >= 15 is 0 Å². The lowest BCUT2D eigenvalue weighted by atomic mass is 9.98. The minimum Gasteiger partial charge on any atom is -0.258 e.